The third-order valence-corrected chi connectivity index (χ3v) is 7.32. The SMILES string of the molecule is CC(=O)OCCC(CO)CCC1C(C)CC=C2C(CO)(CO)CCCC21C. The van der Waals surface area contributed by atoms with E-state index in [2.05, 4.69) is 19.9 Å². The maximum Gasteiger partial charge on any atom is 0.302 e. The molecule has 4 atom stereocenters. The fourth-order valence-electron chi connectivity index (χ4n) is 5.69. The second-order valence-electron chi connectivity index (χ2n) is 9.06. The first kappa shape index (κ1) is 22.4. The van der Waals surface area contributed by atoms with Gasteiger partial charge in [0.15, 0.2) is 0 Å². The van der Waals surface area contributed by atoms with E-state index in [0.29, 0.717) is 24.9 Å². The zero-order valence-corrected chi connectivity index (χ0v) is 17.2. The van der Waals surface area contributed by atoms with Gasteiger partial charge >= 0.3 is 5.97 Å². The van der Waals surface area contributed by atoms with Gasteiger partial charge in [-0.15, -0.1) is 0 Å². The van der Waals surface area contributed by atoms with Crippen molar-refractivity contribution >= 4 is 5.97 Å². The van der Waals surface area contributed by atoms with Gasteiger partial charge in [-0.1, -0.05) is 31.9 Å². The molecule has 0 bridgehead atoms. The Morgan fingerprint density at radius 2 is 1.96 bits per heavy atom. The molecule has 1 saturated carbocycles. The zero-order chi connectivity index (χ0) is 20.1. The van der Waals surface area contributed by atoms with Gasteiger partial charge < -0.3 is 20.1 Å². The molecule has 0 amide bonds. The van der Waals surface area contributed by atoms with Gasteiger partial charge in [0.25, 0.3) is 0 Å². The zero-order valence-electron chi connectivity index (χ0n) is 17.2. The molecule has 2 aliphatic carbocycles. The molecule has 4 unspecified atom stereocenters. The van der Waals surface area contributed by atoms with Crippen LogP contribution in [0.1, 0.15) is 65.7 Å². The molecule has 27 heavy (non-hydrogen) atoms. The van der Waals surface area contributed by atoms with Gasteiger partial charge in [-0.25, -0.2) is 0 Å². The summed E-state index contributed by atoms with van der Waals surface area (Å²) in [4.78, 5) is 10.9. The van der Waals surface area contributed by atoms with Crippen LogP contribution in [-0.4, -0.2) is 47.7 Å². The Kier molecular flexibility index (Phi) is 7.90. The molecule has 3 N–H and O–H groups in total. The van der Waals surface area contributed by atoms with Crippen molar-refractivity contribution in [3.8, 4) is 0 Å². The molecule has 0 heterocycles. The van der Waals surface area contributed by atoms with E-state index < -0.39 is 5.41 Å². The van der Waals surface area contributed by atoms with Crippen molar-refractivity contribution in [2.75, 3.05) is 26.4 Å². The molecular weight excluding hydrogens is 344 g/mol. The molecule has 0 aliphatic heterocycles. The normalized spacial score (nSPS) is 31.0. The predicted molar refractivity (Wildman–Crippen MR) is 105 cm³/mol. The molecule has 0 aromatic carbocycles. The first-order chi connectivity index (χ1) is 12.8. The van der Waals surface area contributed by atoms with Crippen LogP contribution in [0.3, 0.4) is 0 Å². The van der Waals surface area contributed by atoms with Crippen LogP contribution < -0.4 is 0 Å². The van der Waals surface area contributed by atoms with E-state index >= 15 is 0 Å². The van der Waals surface area contributed by atoms with Crippen molar-refractivity contribution in [3.63, 3.8) is 0 Å². The Morgan fingerprint density at radius 1 is 1.26 bits per heavy atom. The summed E-state index contributed by atoms with van der Waals surface area (Å²) in [5.41, 5.74) is 0.781. The van der Waals surface area contributed by atoms with Gasteiger partial charge in [0.1, 0.15) is 0 Å². The van der Waals surface area contributed by atoms with E-state index in [1.165, 1.54) is 12.5 Å². The predicted octanol–water partition coefficient (Wildman–Crippen LogP) is 3.07. The number of hydrogen-bond acceptors (Lipinski definition) is 5. The largest absolute Gasteiger partial charge is 0.466 e. The minimum atomic E-state index is -0.475. The van der Waals surface area contributed by atoms with Crippen LogP contribution >= 0.6 is 0 Å². The smallest absolute Gasteiger partial charge is 0.302 e. The number of esters is 1. The Bertz CT molecular complexity index is 525. The molecule has 0 aromatic heterocycles. The first-order valence-electron chi connectivity index (χ1n) is 10.5. The van der Waals surface area contributed by atoms with Crippen LogP contribution in [-0.2, 0) is 9.53 Å². The van der Waals surface area contributed by atoms with Gasteiger partial charge in [0.2, 0.25) is 0 Å². The van der Waals surface area contributed by atoms with E-state index in [9.17, 15) is 20.1 Å². The number of aliphatic hydroxyl groups excluding tert-OH is 3. The molecule has 2 rings (SSSR count). The van der Waals surface area contributed by atoms with Gasteiger partial charge in [0, 0.05) is 18.9 Å². The molecule has 5 heteroatoms. The fourth-order valence-corrected chi connectivity index (χ4v) is 5.69. The number of allylic oxidation sites excluding steroid dienone is 1. The Labute approximate surface area is 163 Å². The van der Waals surface area contributed by atoms with Crippen LogP contribution in [0.15, 0.2) is 11.6 Å². The summed E-state index contributed by atoms with van der Waals surface area (Å²) in [5, 5.41) is 29.9. The summed E-state index contributed by atoms with van der Waals surface area (Å²) in [5.74, 6) is 0.873. The average Bonchev–Trinajstić information content (AvgIpc) is 2.64. The van der Waals surface area contributed by atoms with E-state index in [4.69, 9.17) is 4.74 Å². The summed E-state index contributed by atoms with van der Waals surface area (Å²) in [6.07, 6.45) is 8.83. The lowest BCUT2D eigenvalue weighted by molar-refractivity contribution is -0.141. The Balaban J connectivity index is 2.09. The molecule has 2 aliphatic rings. The number of carbonyl (C=O) groups is 1. The molecule has 1 fully saturated rings. The van der Waals surface area contributed by atoms with Crippen LogP contribution in [0.4, 0.5) is 0 Å². The summed E-state index contributed by atoms with van der Waals surface area (Å²) in [7, 11) is 0. The van der Waals surface area contributed by atoms with Crippen molar-refractivity contribution in [1.29, 1.82) is 0 Å². The minimum Gasteiger partial charge on any atom is -0.466 e. The second-order valence-corrected chi connectivity index (χ2v) is 9.06. The third-order valence-electron chi connectivity index (χ3n) is 7.32. The van der Waals surface area contributed by atoms with Crippen molar-refractivity contribution in [3.05, 3.63) is 11.6 Å². The van der Waals surface area contributed by atoms with E-state index in [1.807, 2.05) is 0 Å². The fraction of sp³-hybridized carbons (Fsp3) is 0.864. The van der Waals surface area contributed by atoms with Crippen LogP contribution in [0.25, 0.3) is 0 Å². The number of rotatable bonds is 9. The summed E-state index contributed by atoms with van der Waals surface area (Å²) >= 11 is 0. The quantitative estimate of drug-likeness (QED) is 0.421. The highest BCUT2D eigenvalue weighted by atomic mass is 16.5. The standard InChI is InChI=1S/C22H38O5/c1-16-5-8-20-21(3,10-4-11-22(20,14-24)15-25)19(16)7-6-18(13-23)9-12-27-17(2)26/h8,16,18-19,23-25H,4-7,9-15H2,1-3H3. The Morgan fingerprint density at radius 3 is 2.56 bits per heavy atom. The number of aliphatic hydroxyl groups is 3. The van der Waals surface area contributed by atoms with Crippen molar-refractivity contribution in [1.82, 2.24) is 0 Å². The van der Waals surface area contributed by atoms with Gasteiger partial charge in [-0.2, -0.15) is 0 Å². The van der Waals surface area contributed by atoms with Gasteiger partial charge in [-0.05, 0) is 61.7 Å². The number of hydrogen-bond donors (Lipinski definition) is 3. The molecule has 156 valence electrons. The summed E-state index contributed by atoms with van der Waals surface area (Å²) in [6.45, 7) is 6.50. The summed E-state index contributed by atoms with van der Waals surface area (Å²) < 4.78 is 5.03. The molecule has 0 aromatic rings. The maximum atomic E-state index is 10.9. The topological polar surface area (TPSA) is 87.0 Å². The average molecular weight is 383 g/mol. The maximum absolute atomic E-state index is 10.9. The van der Waals surface area contributed by atoms with Crippen LogP contribution in [0.2, 0.25) is 0 Å². The lowest BCUT2D eigenvalue weighted by Gasteiger charge is -2.55. The van der Waals surface area contributed by atoms with Crippen molar-refractivity contribution < 1.29 is 24.9 Å². The van der Waals surface area contributed by atoms with Gasteiger partial charge in [0.05, 0.1) is 19.8 Å². The third kappa shape index (κ3) is 4.75. The molecule has 0 radical (unpaired) electrons. The molecular formula is C22H38O5. The van der Waals surface area contributed by atoms with Gasteiger partial charge in [-0.3, -0.25) is 4.79 Å². The second kappa shape index (κ2) is 9.53. The Hall–Kier alpha value is -0.910. The highest BCUT2D eigenvalue weighted by Crippen LogP contribution is 2.59. The highest BCUT2D eigenvalue weighted by Gasteiger charge is 2.52. The molecule has 0 saturated heterocycles. The first-order valence-corrected chi connectivity index (χ1v) is 10.5. The minimum absolute atomic E-state index is 0.00271. The van der Waals surface area contributed by atoms with E-state index in [1.54, 1.807) is 0 Å². The van der Waals surface area contributed by atoms with E-state index in [-0.39, 0.29) is 37.1 Å². The number of carbonyl (C=O) groups excluding carboxylic acids is 1. The molecule has 0 spiro atoms. The summed E-state index contributed by atoms with van der Waals surface area (Å²) in [6, 6.07) is 0. The number of ether oxygens (including phenoxy) is 1. The lowest BCUT2D eigenvalue weighted by Crippen LogP contribution is -2.49. The van der Waals surface area contributed by atoms with Crippen LogP contribution in [0.5, 0.6) is 0 Å². The number of fused-ring (bicyclic) bond motifs is 1. The van der Waals surface area contributed by atoms with E-state index in [0.717, 1.165) is 38.5 Å². The molecule has 5 nitrogen and oxygen atoms in total. The van der Waals surface area contributed by atoms with Crippen molar-refractivity contribution in [2.24, 2.45) is 28.6 Å². The highest BCUT2D eigenvalue weighted by molar-refractivity contribution is 5.65. The van der Waals surface area contributed by atoms with Crippen LogP contribution in [0, 0.1) is 28.6 Å². The lowest BCUT2D eigenvalue weighted by atomic mass is 9.50. The van der Waals surface area contributed by atoms with Crippen molar-refractivity contribution in [2.45, 2.75) is 65.7 Å². The monoisotopic (exact) mass is 382 g/mol.